The molecule has 0 atom stereocenters. The van der Waals surface area contributed by atoms with Crippen molar-refractivity contribution in [3.05, 3.63) is 23.8 Å². The predicted molar refractivity (Wildman–Crippen MR) is 77.4 cm³/mol. The van der Waals surface area contributed by atoms with Gasteiger partial charge in [0.2, 0.25) is 0 Å². The van der Waals surface area contributed by atoms with Crippen LogP contribution >= 0.6 is 0 Å². The van der Waals surface area contributed by atoms with Gasteiger partial charge in [-0.25, -0.2) is 0 Å². The number of alkyl halides is 6. The van der Waals surface area contributed by atoms with Crippen LogP contribution in [0.1, 0.15) is 12.5 Å². The fourth-order valence-electron chi connectivity index (χ4n) is 1.93. The number of rotatable bonds is 5. The van der Waals surface area contributed by atoms with E-state index >= 15 is 0 Å². The average Bonchev–Trinajstić information content (AvgIpc) is 2.43. The summed E-state index contributed by atoms with van der Waals surface area (Å²) >= 11 is 0. The van der Waals surface area contributed by atoms with Crippen molar-refractivity contribution in [1.82, 2.24) is 0 Å². The average molecular weight is 369 g/mol. The fourth-order valence-corrected chi connectivity index (χ4v) is 1.93. The number of anilines is 2. The SMILES string of the molecule is CNc1ccc(NC(=O)[B]C(C)=O)c(C(O)(C(F)(F)F)C(F)(F)F)c1. The van der Waals surface area contributed by atoms with Crippen LogP contribution in [0.2, 0.25) is 0 Å². The molecule has 0 aliphatic heterocycles. The summed E-state index contributed by atoms with van der Waals surface area (Å²) in [6.07, 6.45) is -12.2. The van der Waals surface area contributed by atoms with Crippen LogP contribution in [0.15, 0.2) is 18.2 Å². The molecule has 25 heavy (non-hydrogen) atoms. The lowest BCUT2D eigenvalue weighted by molar-refractivity contribution is -0.376. The summed E-state index contributed by atoms with van der Waals surface area (Å²) in [6, 6.07) is 2.24. The maximum Gasteiger partial charge on any atom is 0.430 e. The minimum Gasteiger partial charge on any atom is -0.388 e. The number of aliphatic hydroxyl groups is 1. The second-order valence-corrected chi connectivity index (χ2v) is 4.96. The van der Waals surface area contributed by atoms with Crippen molar-refractivity contribution >= 4 is 30.1 Å². The van der Waals surface area contributed by atoms with Gasteiger partial charge in [0.1, 0.15) is 0 Å². The van der Waals surface area contributed by atoms with Gasteiger partial charge in [-0.2, -0.15) is 26.3 Å². The number of amides is 1. The molecule has 0 saturated heterocycles. The summed E-state index contributed by atoms with van der Waals surface area (Å²) in [6.45, 7) is 0.965. The first-order valence-corrected chi connectivity index (χ1v) is 6.58. The number of hydrogen-bond acceptors (Lipinski definition) is 4. The van der Waals surface area contributed by atoms with E-state index in [0.29, 0.717) is 13.3 Å². The number of hydrogen-bond donors (Lipinski definition) is 3. The Bertz CT molecular complexity index is 661. The molecule has 1 rings (SSSR count). The van der Waals surface area contributed by atoms with Gasteiger partial charge in [-0.3, -0.25) is 4.79 Å². The summed E-state index contributed by atoms with van der Waals surface area (Å²) < 4.78 is 78.5. The van der Waals surface area contributed by atoms with Crippen LogP contribution in [0, 0.1) is 0 Å². The molecule has 5 nitrogen and oxygen atoms in total. The Morgan fingerprint density at radius 1 is 1.08 bits per heavy atom. The van der Waals surface area contributed by atoms with Crippen LogP contribution in [0.25, 0.3) is 0 Å². The van der Waals surface area contributed by atoms with E-state index in [1.165, 1.54) is 7.05 Å². The Balaban J connectivity index is 3.58. The third-order valence-corrected chi connectivity index (χ3v) is 3.11. The molecule has 137 valence electrons. The predicted octanol–water partition coefficient (Wildman–Crippen LogP) is 2.82. The van der Waals surface area contributed by atoms with Crippen LogP contribution in [-0.2, 0) is 10.4 Å². The maximum absolute atomic E-state index is 13.1. The number of carbonyl (C=O) groups is 2. The molecule has 0 aliphatic rings. The van der Waals surface area contributed by atoms with Crippen LogP contribution in [0.3, 0.4) is 0 Å². The Morgan fingerprint density at radius 2 is 1.60 bits per heavy atom. The minimum atomic E-state index is -6.12. The standard InChI is InChI=1S/C13H12BF6N2O3/c1-6(23)14-10(24)22-9-4-3-7(21-2)5-8(9)11(25,12(15,16)17)13(18,19)20/h3-5,21,25H,1-2H3,(H,22,24). The van der Waals surface area contributed by atoms with E-state index in [1.807, 2.05) is 0 Å². The van der Waals surface area contributed by atoms with Crippen molar-refractivity contribution in [3.63, 3.8) is 0 Å². The Labute approximate surface area is 138 Å². The van der Waals surface area contributed by atoms with E-state index in [0.717, 1.165) is 19.1 Å². The van der Waals surface area contributed by atoms with Crippen LogP contribution in [0.5, 0.6) is 0 Å². The van der Waals surface area contributed by atoms with Gasteiger partial charge in [0.15, 0.2) is 5.81 Å². The van der Waals surface area contributed by atoms with Gasteiger partial charge in [-0.15, -0.1) is 0 Å². The normalized spacial score (nSPS) is 12.5. The minimum absolute atomic E-state index is 0.171. The number of nitrogens with one attached hydrogen (secondary N) is 2. The van der Waals surface area contributed by atoms with Crippen molar-refractivity contribution in [2.24, 2.45) is 0 Å². The monoisotopic (exact) mass is 369 g/mol. The van der Waals surface area contributed by atoms with Crippen LogP contribution < -0.4 is 10.6 Å². The molecule has 0 unspecified atom stereocenters. The van der Waals surface area contributed by atoms with E-state index in [4.69, 9.17) is 0 Å². The van der Waals surface area contributed by atoms with Gasteiger partial charge in [-0.05, 0) is 25.1 Å². The van der Waals surface area contributed by atoms with E-state index in [2.05, 4.69) is 5.32 Å². The van der Waals surface area contributed by atoms with Gasteiger partial charge < -0.3 is 20.5 Å². The van der Waals surface area contributed by atoms with Crippen molar-refractivity contribution < 1.29 is 41.0 Å². The van der Waals surface area contributed by atoms with Crippen LogP contribution in [0.4, 0.5) is 42.5 Å². The zero-order chi connectivity index (χ0) is 19.6. The topological polar surface area (TPSA) is 78.4 Å². The Hall–Kier alpha value is -2.24. The molecule has 0 heterocycles. The first-order valence-electron chi connectivity index (χ1n) is 6.58. The van der Waals surface area contributed by atoms with E-state index in [-0.39, 0.29) is 5.69 Å². The highest BCUT2D eigenvalue weighted by Crippen LogP contribution is 2.52. The zero-order valence-corrected chi connectivity index (χ0v) is 12.8. The molecule has 0 spiro atoms. The summed E-state index contributed by atoms with van der Waals surface area (Å²) in [5.74, 6) is -1.24. The van der Waals surface area contributed by atoms with Crippen molar-refractivity contribution in [2.75, 3.05) is 17.7 Å². The second kappa shape index (κ2) is 6.94. The van der Waals surface area contributed by atoms with Crippen molar-refractivity contribution in [2.45, 2.75) is 24.9 Å². The van der Waals surface area contributed by atoms with Crippen molar-refractivity contribution in [3.8, 4) is 0 Å². The molecule has 0 bridgehead atoms. The lowest BCUT2D eigenvalue weighted by Gasteiger charge is -2.34. The summed E-state index contributed by atoms with van der Waals surface area (Å²) in [7, 11) is 1.68. The summed E-state index contributed by atoms with van der Waals surface area (Å²) in [4.78, 5) is 22.3. The summed E-state index contributed by atoms with van der Waals surface area (Å²) in [5.41, 5.74) is -8.75. The number of carbonyl (C=O) groups excluding carboxylic acids is 2. The molecule has 1 amide bonds. The molecular formula is C13H12BF6N2O3. The quantitative estimate of drug-likeness (QED) is 0.551. The number of halogens is 6. The molecule has 1 radical (unpaired) electrons. The van der Waals surface area contributed by atoms with Gasteiger partial charge in [0, 0.05) is 24.0 Å². The summed E-state index contributed by atoms with van der Waals surface area (Å²) in [5, 5.41) is 13.6. The molecule has 0 saturated carbocycles. The van der Waals surface area contributed by atoms with E-state index in [9.17, 15) is 41.0 Å². The molecule has 0 fully saturated rings. The highest BCUT2D eigenvalue weighted by atomic mass is 19.4. The molecule has 1 aromatic rings. The zero-order valence-electron chi connectivity index (χ0n) is 12.8. The smallest absolute Gasteiger partial charge is 0.388 e. The lowest BCUT2D eigenvalue weighted by Crippen LogP contribution is -2.54. The third-order valence-electron chi connectivity index (χ3n) is 3.11. The van der Waals surface area contributed by atoms with E-state index < -0.39 is 40.7 Å². The number of benzene rings is 1. The highest BCUT2D eigenvalue weighted by molar-refractivity contribution is 6.98. The van der Waals surface area contributed by atoms with Crippen molar-refractivity contribution in [1.29, 1.82) is 0 Å². The lowest BCUT2D eigenvalue weighted by atomic mass is 9.73. The Kier molecular flexibility index (Phi) is 5.78. The molecule has 3 N–H and O–H groups in total. The highest BCUT2D eigenvalue weighted by Gasteiger charge is 2.72. The van der Waals surface area contributed by atoms with Gasteiger partial charge in [-0.1, -0.05) is 0 Å². The molecule has 1 aromatic carbocycles. The maximum atomic E-state index is 13.1. The van der Waals surface area contributed by atoms with Gasteiger partial charge in [0.25, 0.3) is 5.60 Å². The molecule has 0 aromatic heterocycles. The van der Waals surface area contributed by atoms with Crippen LogP contribution in [-0.4, -0.2) is 43.3 Å². The first-order chi connectivity index (χ1) is 11.2. The second-order valence-electron chi connectivity index (χ2n) is 4.96. The Morgan fingerprint density at radius 3 is 2.00 bits per heavy atom. The van der Waals surface area contributed by atoms with Gasteiger partial charge in [0.05, 0.1) is 5.68 Å². The first kappa shape index (κ1) is 20.8. The van der Waals surface area contributed by atoms with Gasteiger partial charge >= 0.3 is 19.6 Å². The molecular weight excluding hydrogens is 357 g/mol. The largest absolute Gasteiger partial charge is 0.430 e. The molecule has 12 heteroatoms. The fraction of sp³-hybridized carbons (Fsp3) is 0.385. The van der Waals surface area contributed by atoms with E-state index in [1.54, 1.807) is 5.32 Å². The molecule has 0 aliphatic carbocycles. The third kappa shape index (κ3) is 4.24.